The molecule has 51 heavy (non-hydrogen) atoms. The Labute approximate surface area is 295 Å². The van der Waals surface area contributed by atoms with Gasteiger partial charge in [-0.15, -0.1) is 11.3 Å². The van der Waals surface area contributed by atoms with Crippen LogP contribution in [0.4, 0.5) is 0 Å². The van der Waals surface area contributed by atoms with Gasteiger partial charge in [0.05, 0.1) is 11.0 Å². The molecule has 0 atom stereocenters. The third-order valence-electron chi connectivity index (χ3n) is 9.85. The molecule has 11 rings (SSSR count). The maximum Gasteiger partial charge on any atom is 0.165 e. The fourth-order valence-electron chi connectivity index (χ4n) is 7.50. The summed E-state index contributed by atoms with van der Waals surface area (Å²) in [7, 11) is 0. The number of benzene rings is 7. The van der Waals surface area contributed by atoms with E-state index in [2.05, 4.69) is 102 Å². The van der Waals surface area contributed by atoms with Gasteiger partial charge in [-0.1, -0.05) is 109 Å². The topological polar surface area (TPSA) is 56.7 Å². The predicted molar refractivity (Wildman–Crippen MR) is 211 cm³/mol. The first-order valence-corrected chi connectivity index (χ1v) is 17.8. The van der Waals surface area contributed by atoms with Crippen molar-refractivity contribution in [3.8, 4) is 39.9 Å². The van der Waals surface area contributed by atoms with Gasteiger partial charge in [-0.05, 0) is 42.5 Å². The van der Waals surface area contributed by atoms with E-state index in [4.69, 9.17) is 19.4 Å². The average molecular weight is 671 g/mol. The number of fused-ring (bicyclic) bond motifs is 9. The van der Waals surface area contributed by atoms with Gasteiger partial charge in [-0.25, -0.2) is 15.0 Å². The molecule has 0 spiro atoms. The van der Waals surface area contributed by atoms with E-state index in [1.165, 1.54) is 26.5 Å². The number of hydrogen-bond acceptors (Lipinski definition) is 5. The van der Waals surface area contributed by atoms with Gasteiger partial charge < -0.3 is 8.98 Å². The normalized spacial score (nSPS) is 11.9. The minimum Gasteiger partial charge on any atom is -0.456 e. The van der Waals surface area contributed by atoms with E-state index in [1.807, 2.05) is 60.7 Å². The molecule has 0 N–H and O–H groups in total. The fourth-order valence-corrected chi connectivity index (χ4v) is 8.73. The fraction of sp³-hybridized carbons (Fsp3) is 0. The van der Waals surface area contributed by atoms with Crippen LogP contribution in [0.15, 0.2) is 162 Å². The molecular weight excluding hydrogens is 645 g/mol. The lowest BCUT2D eigenvalue weighted by molar-refractivity contribution is 0.669. The number of aromatic nitrogens is 4. The van der Waals surface area contributed by atoms with Crippen LogP contribution in [0.2, 0.25) is 0 Å². The highest BCUT2D eigenvalue weighted by molar-refractivity contribution is 7.26. The highest BCUT2D eigenvalue weighted by Gasteiger charge is 2.19. The standard InChI is InChI=1S/C45H26N4OS/c1-3-12-27(13-4-1)43-46-44(28-14-5-2-6-15-28)48-45(47-43)34-19-11-18-33-36-25-40-35(26-41(36)51-42(33)34)32-23-22-29(24-39(32)50-40)49-37-20-9-7-16-30(37)31-17-8-10-21-38(31)49/h1-26H. The van der Waals surface area contributed by atoms with Crippen molar-refractivity contribution in [1.29, 1.82) is 0 Å². The lowest BCUT2D eigenvalue weighted by Gasteiger charge is -2.09. The number of rotatable bonds is 4. The van der Waals surface area contributed by atoms with Crippen molar-refractivity contribution >= 4 is 75.3 Å². The molecule has 11 aromatic rings. The van der Waals surface area contributed by atoms with Gasteiger partial charge in [0.2, 0.25) is 0 Å². The van der Waals surface area contributed by atoms with Crippen LogP contribution in [0.1, 0.15) is 0 Å². The van der Waals surface area contributed by atoms with Crippen molar-refractivity contribution in [2.75, 3.05) is 0 Å². The Kier molecular flexibility index (Phi) is 6.05. The van der Waals surface area contributed by atoms with Gasteiger partial charge in [-0.2, -0.15) is 0 Å². The van der Waals surface area contributed by atoms with Gasteiger partial charge in [0.25, 0.3) is 0 Å². The first kappa shape index (κ1) is 28.2. The van der Waals surface area contributed by atoms with E-state index >= 15 is 0 Å². The van der Waals surface area contributed by atoms with Gasteiger partial charge in [0, 0.05) is 70.2 Å². The van der Waals surface area contributed by atoms with Crippen LogP contribution in [-0.2, 0) is 0 Å². The van der Waals surface area contributed by atoms with Crippen LogP contribution in [0, 0.1) is 0 Å². The summed E-state index contributed by atoms with van der Waals surface area (Å²) < 4.78 is 11.3. The van der Waals surface area contributed by atoms with Gasteiger partial charge >= 0.3 is 0 Å². The molecule has 7 aromatic carbocycles. The molecule has 0 saturated heterocycles. The number of hydrogen-bond donors (Lipinski definition) is 0. The van der Waals surface area contributed by atoms with E-state index < -0.39 is 0 Å². The molecule has 0 unspecified atom stereocenters. The van der Waals surface area contributed by atoms with Crippen LogP contribution in [0.25, 0.3) is 104 Å². The summed E-state index contributed by atoms with van der Waals surface area (Å²) in [5.41, 5.74) is 8.09. The summed E-state index contributed by atoms with van der Waals surface area (Å²) in [6.45, 7) is 0. The zero-order chi connectivity index (χ0) is 33.5. The van der Waals surface area contributed by atoms with Crippen LogP contribution in [0.3, 0.4) is 0 Å². The molecule has 0 aliphatic heterocycles. The molecule has 0 fully saturated rings. The Balaban J connectivity index is 1.08. The summed E-state index contributed by atoms with van der Waals surface area (Å²) in [5, 5.41) is 7.02. The quantitative estimate of drug-likeness (QED) is 0.187. The molecule has 0 amide bonds. The second-order valence-electron chi connectivity index (χ2n) is 12.8. The number of para-hydroxylation sites is 2. The molecule has 4 aromatic heterocycles. The van der Waals surface area contributed by atoms with Crippen molar-refractivity contribution in [2.45, 2.75) is 0 Å². The molecule has 0 saturated carbocycles. The maximum atomic E-state index is 6.64. The molecule has 238 valence electrons. The SMILES string of the molecule is c1ccc(-c2nc(-c3ccccc3)nc(-c3cccc4c3sc3cc5c(cc34)oc3cc(-n4c6ccccc6c6ccccc64)ccc35)n2)cc1. The second-order valence-corrected chi connectivity index (χ2v) is 13.9. The predicted octanol–water partition coefficient (Wildman–Crippen LogP) is 12.2. The number of thiophene rings is 1. The zero-order valence-corrected chi connectivity index (χ0v) is 27.9. The summed E-state index contributed by atoms with van der Waals surface area (Å²) in [5.74, 6) is 1.97. The highest BCUT2D eigenvalue weighted by atomic mass is 32.1. The second kappa shape index (κ2) is 10.9. The molecule has 4 heterocycles. The Morgan fingerprint density at radius 2 is 1.02 bits per heavy atom. The maximum absolute atomic E-state index is 6.64. The van der Waals surface area contributed by atoms with Crippen LogP contribution in [0.5, 0.6) is 0 Å². The van der Waals surface area contributed by atoms with E-state index in [9.17, 15) is 0 Å². The minimum absolute atomic E-state index is 0.654. The van der Waals surface area contributed by atoms with Gasteiger partial charge in [0.15, 0.2) is 17.5 Å². The van der Waals surface area contributed by atoms with E-state index in [1.54, 1.807) is 11.3 Å². The van der Waals surface area contributed by atoms with E-state index in [0.717, 1.165) is 59.8 Å². The van der Waals surface area contributed by atoms with E-state index in [-0.39, 0.29) is 0 Å². The highest BCUT2D eigenvalue weighted by Crippen LogP contribution is 2.43. The largest absolute Gasteiger partial charge is 0.456 e. The lowest BCUT2D eigenvalue weighted by Crippen LogP contribution is -2.00. The molecular formula is C45H26N4OS. The van der Waals surface area contributed by atoms with Crippen molar-refractivity contribution in [3.63, 3.8) is 0 Å². The molecule has 5 nitrogen and oxygen atoms in total. The van der Waals surface area contributed by atoms with Gasteiger partial charge in [-0.3, -0.25) is 0 Å². The molecule has 0 radical (unpaired) electrons. The van der Waals surface area contributed by atoms with Crippen molar-refractivity contribution in [3.05, 3.63) is 158 Å². The number of nitrogens with zero attached hydrogens (tertiary/aromatic N) is 4. The Bertz CT molecular complexity index is 3030. The van der Waals surface area contributed by atoms with Crippen LogP contribution in [-0.4, -0.2) is 19.5 Å². The minimum atomic E-state index is 0.654. The third-order valence-corrected chi connectivity index (χ3v) is 11.1. The molecule has 0 aliphatic rings. The smallest absolute Gasteiger partial charge is 0.165 e. The summed E-state index contributed by atoms with van der Waals surface area (Å²) in [4.78, 5) is 15.0. The zero-order valence-electron chi connectivity index (χ0n) is 27.1. The third kappa shape index (κ3) is 4.37. The first-order valence-electron chi connectivity index (χ1n) is 16.9. The summed E-state index contributed by atoms with van der Waals surface area (Å²) in [6, 6.07) is 54.9. The molecule has 0 bridgehead atoms. The Morgan fingerprint density at radius 3 is 1.71 bits per heavy atom. The van der Waals surface area contributed by atoms with Crippen molar-refractivity contribution in [2.24, 2.45) is 0 Å². The lowest BCUT2D eigenvalue weighted by atomic mass is 10.1. The van der Waals surface area contributed by atoms with Crippen LogP contribution >= 0.6 is 11.3 Å². The van der Waals surface area contributed by atoms with Gasteiger partial charge in [0.1, 0.15) is 11.2 Å². The Morgan fingerprint density at radius 1 is 0.431 bits per heavy atom. The number of furan rings is 1. The monoisotopic (exact) mass is 670 g/mol. The van der Waals surface area contributed by atoms with Crippen molar-refractivity contribution in [1.82, 2.24) is 19.5 Å². The average Bonchev–Trinajstić information content (AvgIpc) is 3.86. The van der Waals surface area contributed by atoms with Crippen LogP contribution < -0.4 is 0 Å². The molecule has 0 aliphatic carbocycles. The Hall–Kier alpha value is -6.63. The molecule has 6 heteroatoms. The van der Waals surface area contributed by atoms with E-state index in [0.29, 0.717) is 17.5 Å². The first-order chi connectivity index (χ1) is 25.3. The summed E-state index contributed by atoms with van der Waals surface area (Å²) in [6.07, 6.45) is 0. The van der Waals surface area contributed by atoms with Crippen molar-refractivity contribution < 1.29 is 4.42 Å². The summed E-state index contributed by atoms with van der Waals surface area (Å²) >= 11 is 1.77.